The maximum atomic E-state index is 12.7. The van der Waals surface area contributed by atoms with E-state index in [9.17, 15) is 4.79 Å². The van der Waals surface area contributed by atoms with Crippen molar-refractivity contribution in [1.29, 1.82) is 5.26 Å². The maximum absolute atomic E-state index is 12.7. The first kappa shape index (κ1) is 16.2. The van der Waals surface area contributed by atoms with E-state index in [-0.39, 0.29) is 11.9 Å². The van der Waals surface area contributed by atoms with Gasteiger partial charge < -0.3 is 5.32 Å². The van der Waals surface area contributed by atoms with Gasteiger partial charge in [0.15, 0.2) is 5.01 Å². The average Bonchev–Trinajstić information content (AvgIpc) is 3.15. The minimum absolute atomic E-state index is 0.0849. The number of piperidine rings is 3. The molecule has 4 heterocycles. The maximum Gasteiger partial charge on any atom is 0.280 e. The normalized spacial score (nSPS) is 27.7. The highest BCUT2D eigenvalue weighted by Gasteiger charge is 2.40. The first-order chi connectivity index (χ1) is 12.2. The lowest BCUT2D eigenvalue weighted by Crippen LogP contribution is -2.62. The third-order valence-corrected chi connectivity index (χ3v) is 6.50. The molecule has 25 heavy (non-hydrogen) atoms. The summed E-state index contributed by atoms with van der Waals surface area (Å²) in [6.07, 6.45) is 4.05. The van der Waals surface area contributed by atoms with E-state index in [1.807, 2.05) is 18.2 Å². The average molecular weight is 352 g/mol. The van der Waals surface area contributed by atoms with Gasteiger partial charge in [0.25, 0.3) is 5.91 Å². The molecule has 3 fully saturated rings. The number of carbonyl (C=O) groups is 1. The summed E-state index contributed by atoms with van der Waals surface area (Å²) in [5.41, 5.74) is 1.53. The zero-order valence-corrected chi connectivity index (χ0v) is 14.9. The van der Waals surface area contributed by atoms with Crippen LogP contribution in [0.1, 0.15) is 35.1 Å². The molecule has 6 heteroatoms. The number of fused-ring (bicyclic) bond motifs is 3. The van der Waals surface area contributed by atoms with Gasteiger partial charge in [0.05, 0.1) is 16.5 Å². The molecule has 5 rings (SSSR count). The number of aromatic nitrogens is 1. The van der Waals surface area contributed by atoms with Gasteiger partial charge >= 0.3 is 0 Å². The molecule has 1 aromatic heterocycles. The quantitative estimate of drug-likeness (QED) is 0.922. The van der Waals surface area contributed by atoms with Crippen molar-refractivity contribution in [2.24, 2.45) is 5.92 Å². The van der Waals surface area contributed by atoms with E-state index in [0.717, 1.165) is 23.5 Å². The molecule has 0 unspecified atom stereocenters. The molecule has 2 atom stereocenters. The molecule has 3 aliphatic heterocycles. The summed E-state index contributed by atoms with van der Waals surface area (Å²) in [6.45, 7) is 4.50. The van der Waals surface area contributed by atoms with Crippen molar-refractivity contribution in [2.75, 3.05) is 13.1 Å². The number of hydrogen-bond donors (Lipinski definition) is 1. The molecule has 0 spiro atoms. The van der Waals surface area contributed by atoms with Gasteiger partial charge in [0, 0.05) is 18.3 Å². The summed E-state index contributed by atoms with van der Waals surface area (Å²) in [4.78, 5) is 20.3. The van der Waals surface area contributed by atoms with E-state index in [2.05, 4.69) is 28.2 Å². The van der Waals surface area contributed by atoms with Crippen molar-refractivity contribution < 1.29 is 4.79 Å². The molecule has 3 saturated heterocycles. The van der Waals surface area contributed by atoms with Crippen LogP contribution in [0.5, 0.6) is 0 Å². The van der Waals surface area contributed by atoms with E-state index in [1.165, 1.54) is 24.2 Å². The van der Waals surface area contributed by atoms with Crippen LogP contribution in [0, 0.1) is 17.2 Å². The highest BCUT2D eigenvalue weighted by molar-refractivity contribution is 7.17. The lowest BCUT2D eigenvalue weighted by Gasteiger charge is -2.49. The molecule has 2 aromatic rings. The van der Waals surface area contributed by atoms with Gasteiger partial charge in [0.1, 0.15) is 0 Å². The Morgan fingerprint density at radius 2 is 2.20 bits per heavy atom. The Labute approximate surface area is 151 Å². The fourth-order valence-corrected chi connectivity index (χ4v) is 4.83. The van der Waals surface area contributed by atoms with Crippen LogP contribution in [-0.4, -0.2) is 41.0 Å². The number of benzene rings is 1. The van der Waals surface area contributed by atoms with E-state index in [0.29, 0.717) is 22.5 Å². The summed E-state index contributed by atoms with van der Waals surface area (Å²) in [5.74, 6) is 0.494. The first-order valence-corrected chi connectivity index (χ1v) is 9.48. The van der Waals surface area contributed by atoms with Crippen LogP contribution in [0.15, 0.2) is 30.5 Å². The third-order valence-electron chi connectivity index (χ3n) is 5.45. The van der Waals surface area contributed by atoms with Gasteiger partial charge in [-0.3, -0.25) is 9.69 Å². The number of rotatable bonds is 3. The number of hydrogen-bond acceptors (Lipinski definition) is 5. The molecule has 2 bridgehead atoms. The lowest BCUT2D eigenvalue weighted by molar-refractivity contribution is 0.0217. The highest BCUT2D eigenvalue weighted by Crippen LogP contribution is 2.33. The smallest absolute Gasteiger partial charge is 0.280 e. The molecular formula is C19H20N4OS. The minimum atomic E-state index is -0.0849. The molecule has 0 aliphatic carbocycles. The molecule has 3 aliphatic rings. The molecule has 1 N–H and O–H groups in total. The summed E-state index contributed by atoms with van der Waals surface area (Å²) in [6, 6.07) is 10.1. The van der Waals surface area contributed by atoms with Crippen molar-refractivity contribution in [3.05, 3.63) is 41.0 Å². The number of nitriles is 1. The Kier molecular flexibility index (Phi) is 4.28. The Bertz CT molecular complexity index is 830. The van der Waals surface area contributed by atoms with Crippen molar-refractivity contribution in [2.45, 2.75) is 31.8 Å². The van der Waals surface area contributed by atoms with E-state index in [4.69, 9.17) is 5.26 Å². The predicted octanol–water partition coefficient (Wildman–Crippen LogP) is 2.89. The van der Waals surface area contributed by atoms with E-state index >= 15 is 0 Å². The Balaban J connectivity index is 1.50. The van der Waals surface area contributed by atoms with Crippen LogP contribution in [0.3, 0.4) is 0 Å². The van der Waals surface area contributed by atoms with Crippen LogP contribution in [-0.2, 0) is 0 Å². The number of thiazole rings is 1. The van der Waals surface area contributed by atoms with Crippen molar-refractivity contribution in [3.63, 3.8) is 0 Å². The van der Waals surface area contributed by atoms with Gasteiger partial charge in [-0.1, -0.05) is 12.1 Å². The van der Waals surface area contributed by atoms with E-state index in [1.54, 1.807) is 12.3 Å². The second-order valence-corrected chi connectivity index (χ2v) is 7.87. The van der Waals surface area contributed by atoms with Gasteiger partial charge in [-0.25, -0.2) is 4.98 Å². The lowest BCUT2D eigenvalue weighted by atomic mass is 9.79. The first-order valence-electron chi connectivity index (χ1n) is 8.67. The molecule has 128 valence electrons. The van der Waals surface area contributed by atoms with E-state index < -0.39 is 0 Å². The van der Waals surface area contributed by atoms with Crippen molar-refractivity contribution in [3.8, 4) is 16.5 Å². The van der Waals surface area contributed by atoms with Crippen molar-refractivity contribution in [1.82, 2.24) is 15.2 Å². The largest absolute Gasteiger partial charge is 0.345 e. The van der Waals surface area contributed by atoms with Crippen LogP contribution in [0.4, 0.5) is 0 Å². The van der Waals surface area contributed by atoms with Crippen LogP contribution in [0.2, 0.25) is 0 Å². The van der Waals surface area contributed by atoms with Gasteiger partial charge in [0.2, 0.25) is 0 Å². The van der Waals surface area contributed by atoms with Gasteiger partial charge in [-0.2, -0.15) is 5.26 Å². The number of carbonyl (C=O) groups excluding carboxylic acids is 1. The monoisotopic (exact) mass is 352 g/mol. The molecule has 0 saturated carbocycles. The fourth-order valence-electron chi connectivity index (χ4n) is 4.01. The number of nitrogens with zero attached hydrogens (tertiary/aromatic N) is 3. The van der Waals surface area contributed by atoms with Crippen LogP contribution < -0.4 is 5.32 Å². The fraction of sp³-hybridized carbons (Fsp3) is 0.421. The number of nitrogens with one attached hydrogen (secondary N) is 1. The Hall–Kier alpha value is -2.23. The molecule has 5 nitrogen and oxygen atoms in total. The summed E-state index contributed by atoms with van der Waals surface area (Å²) in [7, 11) is 0. The zero-order valence-electron chi connectivity index (χ0n) is 14.1. The summed E-state index contributed by atoms with van der Waals surface area (Å²) in [5, 5.41) is 12.7. The zero-order chi connectivity index (χ0) is 17.4. The topological polar surface area (TPSA) is 69.0 Å². The molecular weight excluding hydrogens is 332 g/mol. The SMILES string of the molecule is C[C@H]1[C@H](NC(=O)c2ncc(-c3cccc(C#N)c3)s2)C2CCN1CC2. The highest BCUT2D eigenvalue weighted by atomic mass is 32.1. The van der Waals surface area contributed by atoms with Crippen molar-refractivity contribution >= 4 is 17.2 Å². The summed E-state index contributed by atoms with van der Waals surface area (Å²) >= 11 is 1.38. The van der Waals surface area contributed by atoms with Crippen LogP contribution in [0.25, 0.3) is 10.4 Å². The Morgan fingerprint density at radius 1 is 1.40 bits per heavy atom. The standard InChI is InChI=1S/C19H20N4OS/c1-12-17(14-5-7-23(12)8-6-14)22-18(24)19-21-11-16(25-19)15-4-2-3-13(9-15)10-20/h2-4,9,11-12,14,17H,5-8H2,1H3,(H,22,24)/t12-,17-/m0/s1. The van der Waals surface area contributed by atoms with Crippen LogP contribution >= 0.6 is 11.3 Å². The number of amides is 1. The second-order valence-electron chi connectivity index (χ2n) is 6.84. The molecule has 0 radical (unpaired) electrons. The van der Waals surface area contributed by atoms with Gasteiger partial charge in [-0.05, 0) is 56.5 Å². The Morgan fingerprint density at radius 3 is 2.92 bits per heavy atom. The van der Waals surface area contributed by atoms with Gasteiger partial charge in [-0.15, -0.1) is 11.3 Å². The summed E-state index contributed by atoms with van der Waals surface area (Å²) < 4.78 is 0. The second kappa shape index (κ2) is 6.58. The molecule has 1 amide bonds. The molecule has 1 aromatic carbocycles. The third kappa shape index (κ3) is 3.06. The minimum Gasteiger partial charge on any atom is -0.345 e. The predicted molar refractivity (Wildman–Crippen MR) is 97.3 cm³/mol.